The lowest BCUT2D eigenvalue weighted by molar-refractivity contribution is 0.183. The lowest BCUT2D eigenvalue weighted by atomic mass is 10.1. The second-order valence-corrected chi connectivity index (χ2v) is 7.72. The summed E-state index contributed by atoms with van der Waals surface area (Å²) in [6.45, 7) is 16.5. The van der Waals surface area contributed by atoms with Crippen LogP contribution < -0.4 is 10.9 Å². The highest BCUT2D eigenvalue weighted by Crippen LogP contribution is 2.26. The third kappa shape index (κ3) is 6.97. The molecule has 1 unspecified atom stereocenters. The Morgan fingerprint density at radius 2 is 1.89 bits per heavy atom. The summed E-state index contributed by atoms with van der Waals surface area (Å²) in [5.41, 5.74) is 1.65. The number of hydrogen-bond donors (Lipinski definition) is 2. The summed E-state index contributed by atoms with van der Waals surface area (Å²) >= 11 is 0. The fourth-order valence-electron chi connectivity index (χ4n) is 3.75. The molecule has 0 radical (unpaired) electrons. The van der Waals surface area contributed by atoms with Crippen molar-refractivity contribution < 1.29 is 9.50 Å². The first-order chi connectivity index (χ1) is 17.4. The SMILES string of the molecule is C=C(NCc1ccc(F)cc1)c1nc2n(c(=O)c1O)CCN(CC1=NCC=CN=C1)C2C.CC.CC. The molecule has 9 heteroatoms. The number of hydrogen-bond acceptors (Lipinski definition) is 7. The fourth-order valence-corrected chi connectivity index (χ4v) is 3.75. The van der Waals surface area contributed by atoms with E-state index in [4.69, 9.17) is 0 Å². The fraction of sp³-hybridized carbons (Fsp3) is 0.407. The normalized spacial score (nSPS) is 16.4. The van der Waals surface area contributed by atoms with E-state index in [0.29, 0.717) is 44.2 Å². The standard InChI is InChI=1S/C23H25FN6O2.2C2H6/c1-15(27-12-17-4-6-18(24)7-5-17)20-21(31)23(32)30-11-10-29(16(2)22(30)28-20)14-19-13-25-8-3-9-26-19;2*1-2/h3-8,13,16,27,31H,1,9-12,14H2,2H3;2*1-2H3. The molecule has 0 fully saturated rings. The molecular weight excluding hydrogens is 459 g/mol. The topological polar surface area (TPSA) is 95.1 Å². The Morgan fingerprint density at radius 1 is 1.19 bits per heavy atom. The summed E-state index contributed by atoms with van der Waals surface area (Å²) in [4.78, 5) is 28.3. The monoisotopic (exact) mass is 496 g/mol. The first-order valence-electron chi connectivity index (χ1n) is 12.4. The number of benzene rings is 1. The minimum absolute atomic E-state index is 0.120. The largest absolute Gasteiger partial charge is 0.501 e. The third-order valence-corrected chi connectivity index (χ3v) is 5.59. The zero-order valence-electron chi connectivity index (χ0n) is 21.8. The maximum absolute atomic E-state index is 13.1. The van der Waals surface area contributed by atoms with Gasteiger partial charge >= 0.3 is 0 Å². The lowest BCUT2D eigenvalue weighted by Gasteiger charge is -2.35. The van der Waals surface area contributed by atoms with Crippen molar-refractivity contribution in [3.63, 3.8) is 0 Å². The third-order valence-electron chi connectivity index (χ3n) is 5.59. The Bertz CT molecular complexity index is 1170. The zero-order chi connectivity index (χ0) is 26.7. The van der Waals surface area contributed by atoms with Crippen LogP contribution in [-0.4, -0.2) is 51.1 Å². The average molecular weight is 497 g/mol. The van der Waals surface area contributed by atoms with E-state index in [1.165, 1.54) is 16.7 Å². The number of rotatable bonds is 6. The van der Waals surface area contributed by atoms with Crippen molar-refractivity contribution in [3.05, 3.63) is 76.4 Å². The van der Waals surface area contributed by atoms with Gasteiger partial charge in [0.2, 0.25) is 5.75 Å². The maximum Gasteiger partial charge on any atom is 0.296 e. The van der Waals surface area contributed by atoms with Crippen LogP contribution in [-0.2, 0) is 13.1 Å². The summed E-state index contributed by atoms with van der Waals surface area (Å²) < 4.78 is 14.6. The highest BCUT2D eigenvalue weighted by atomic mass is 19.1. The van der Waals surface area contributed by atoms with Crippen LogP contribution in [0, 0.1) is 5.82 Å². The van der Waals surface area contributed by atoms with Gasteiger partial charge in [0.05, 0.1) is 24.0 Å². The van der Waals surface area contributed by atoms with Crippen LogP contribution in [0.15, 0.2) is 57.9 Å². The molecule has 0 bridgehead atoms. The molecule has 3 heterocycles. The summed E-state index contributed by atoms with van der Waals surface area (Å²) in [7, 11) is 0. The molecule has 0 amide bonds. The van der Waals surface area contributed by atoms with E-state index in [0.717, 1.165) is 11.3 Å². The van der Waals surface area contributed by atoms with Gasteiger partial charge in [-0.05, 0) is 30.7 Å². The van der Waals surface area contributed by atoms with Crippen LogP contribution >= 0.6 is 0 Å². The van der Waals surface area contributed by atoms with E-state index >= 15 is 0 Å². The number of fused-ring (bicyclic) bond motifs is 1. The van der Waals surface area contributed by atoms with Gasteiger partial charge in [-0.2, -0.15) is 0 Å². The van der Waals surface area contributed by atoms with Crippen molar-refractivity contribution in [2.24, 2.45) is 9.98 Å². The number of nitrogens with one attached hydrogen (secondary N) is 1. The number of aromatic nitrogens is 2. The molecular formula is C27H37FN6O2. The summed E-state index contributed by atoms with van der Waals surface area (Å²) in [6, 6.07) is 5.87. The van der Waals surface area contributed by atoms with E-state index in [2.05, 4.69) is 31.8 Å². The van der Waals surface area contributed by atoms with Crippen molar-refractivity contribution in [1.29, 1.82) is 0 Å². The number of nitrogens with zero attached hydrogens (tertiary/aromatic N) is 5. The van der Waals surface area contributed by atoms with E-state index in [-0.39, 0.29) is 17.6 Å². The minimum atomic E-state index is -0.487. The molecule has 2 aromatic rings. The highest BCUT2D eigenvalue weighted by molar-refractivity contribution is 6.31. The van der Waals surface area contributed by atoms with Crippen molar-refractivity contribution in [2.75, 3.05) is 19.6 Å². The average Bonchev–Trinajstić information content (AvgIpc) is 3.18. The molecule has 4 rings (SSSR count). The number of aromatic hydroxyl groups is 1. The predicted molar refractivity (Wildman–Crippen MR) is 145 cm³/mol. The molecule has 36 heavy (non-hydrogen) atoms. The Morgan fingerprint density at radius 3 is 2.58 bits per heavy atom. The Kier molecular flexibility index (Phi) is 11.2. The van der Waals surface area contributed by atoms with Gasteiger partial charge in [-0.3, -0.25) is 24.2 Å². The van der Waals surface area contributed by atoms with Gasteiger partial charge in [-0.15, -0.1) is 0 Å². The van der Waals surface area contributed by atoms with Gasteiger partial charge in [-0.1, -0.05) is 46.4 Å². The van der Waals surface area contributed by atoms with E-state index in [1.807, 2.05) is 40.7 Å². The van der Waals surface area contributed by atoms with Crippen molar-refractivity contribution >= 4 is 17.6 Å². The van der Waals surface area contributed by atoms with Gasteiger partial charge in [-0.25, -0.2) is 9.37 Å². The van der Waals surface area contributed by atoms with Crippen molar-refractivity contribution in [1.82, 2.24) is 19.8 Å². The predicted octanol–water partition coefficient (Wildman–Crippen LogP) is 4.32. The van der Waals surface area contributed by atoms with Gasteiger partial charge in [0.1, 0.15) is 17.3 Å². The summed E-state index contributed by atoms with van der Waals surface area (Å²) in [5.74, 6) is -0.189. The van der Waals surface area contributed by atoms with Crippen molar-refractivity contribution in [2.45, 2.75) is 53.8 Å². The van der Waals surface area contributed by atoms with Crippen LogP contribution in [0.4, 0.5) is 4.39 Å². The van der Waals surface area contributed by atoms with Gasteiger partial charge in [0.15, 0.2) is 0 Å². The molecule has 0 aliphatic carbocycles. The first-order valence-corrected chi connectivity index (χ1v) is 12.4. The van der Waals surface area contributed by atoms with Crippen LogP contribution in [0.2, 0.25) is 0 Å². The number of aliphatic imine (C=N–C) groups is 2. The molecule has 2 N–H and O–H groups in total. The van der Waals surface area contributed by atoms with Gasteiger partial charge in [0.25, 0.3) is 5.56 Å². The van der Waals surface area contributed by atoms with E-state index < -0.39 is 11.3 Å². The molecule has 1 atom stereocenters. The molecule has 2 aliphatic heterocycles. The number of halogens is 1. The zero-order valence-corrected chi connectivity index (χ0v) is 21.8. The molecule has 194 valence electrons. The molecule has 0 saturated carbocycles. The Labute approximate surface area is 212 Å². The van der Waals surface area contributed by atoms with Crippen LogP contribution in [0.3, 0.4) is 0 Å². The highest BCUT2D eigenvalue weighted by Gasteiger charge is 2.29. The first kappa shape index (κ1) is 28.6. The lowest BCUT2D eigenvalue weighted by Crippen LogP contribution is -2.45. The maximum atomic E-state index is 13.1. The van der Waals surface area contributed by atoms with E-state index in [1.54, 1.807) is 24.5 Å². The Balaban J connectivity index is 0.00000109. The summed E-state index contributed by atoms with van der Waals surface area (Å²) in [6.07, 6.45) is 5.36. The second kappa shape index (κ2) is 14.1. The smallest absolute Gasteiger partial charge is 0.296 e. The minimum Gasteiger partial charge on any atom is -0.501 e. The van der Waals surface area contributed by atoms with Gasteiger partial charge < -0.3 is 10.4 Å². The van der Waals surface area contributed by atoms with Crippen LogP contribution in [0.1, 0.15) is 57.7 Å². The Hall–Kier alpha value is -3.59. The molecule has 0 spiro atoms. The van der Waals surface area contributed by atoms with E-state index in [9.17, 15) is 14.3 Å². The second-order valence-electron chi connectivity index (χ2n) is 7.72. The summed E-state index contributed by atoms with van der Waals surface area (Å²) in [5, 5.41) is 13.6. The van der Waals surface area contributed by atoms with Gasteiger partial charge in [0, 0.05) is 38.6 Å². The quantitative estimate of drug-likeness (QED) is 0.621. The van der Waals surface area contributed by atoms with Crippen LogP contribution in [0.25, 0.3) is 5.70 Å². The van der Waals surface area contributed by atoms with Crippen LogP contribution in [0.5, 0.6) is 5.75 Å². The van der Waals surface area contributed by atoms with Crippen molar-refractivity contribution in [3.8, 4) is 5.75 Å². The molecule has 8 nitrogen and oxygen atoms in total. The molecule has 1 aromatic heterocycles. The molecule has 2 aliphatic rings. The molecule has 0 saturated heterocycles. The molecule has 1 aromatic carbocycles.